The number of hydrogen-bond acceptors (Lipinski definition) is 8. The lowest BCUT2D eigenvalue weighted by atomic mass is 9.90. The molecule has 10 heteroatoms. The van der Waals surface area contributed by atoms with E-state index in [2.05, 4.69) is 0 Å². The van der Waals surface area contributed by atoms with E-state index in [9.17, 15) is 18.0 Å². The molecule has 1 unspecified atom stereocenters. The van der Waals surface area contributed by atoms with Crippen molar-refractivity contribution in [3.8, 4) is 0 Å². The van der Waals surface area contributed by atoms with E-state index in [0.29, 0.717) is 19.3 Å². The van der Waals surface area contributed by atoms with Crippen LogP contribution in [0, 0.1) is 0 Å². The molecule has 1 amide bonds. The molecule has 35 heavy (non-hydrogen) atoms. The molecule has 9 nitrogen and oxygen atoms in total. The van der Waals surface area contributed by atoms with Gasteiger partial charge in [-0.2, -0.15) is 8.42 Å². The molecule has 2 saturated heterocycles. The monoisotopic (exact) mass is 511 g/mol. The van der Waals surface area contributed by atoms with Gasteiger partial charge in [0.1, 0.15) is 24.9 Å². The van der Waals surface area contributed by atoms with Crippen LogP contribution in [0.15, 0.2) is 30.3 Å². The number of benzene rings is 1. The molecule has 3 rings (SSSR count). The normalized spacial score (nSPS) is 25.8. The van der Waals surface area contributed by atoms with Crippen LogP contribution in [0.4, 0.5) is 0 Å². The number of piperidine rings is 1. The van der Waals surface area contributed by atoms with Gasteiger partial charge in [0.15, 0.2) is 5.79 Å². The number of likely N-dealkylation sites (tertiary alicyclic amines) is 1. The number of carbonyl (C=O) groups is 2. The van der Waals surface area contributed by atoms with Crippen LogP contribution >= 0.6 is 0 Å². The van der Waals surface area contributed by atoms with Crippen molar-refractivity contribution in [3.05, 3.63) is 35.9 Å². The highest BCUT2D eigenvalue weighted by Crippen LogP contribution is 2.39. The predicted molar refractivity (Wildman–Crippen MR) is 129 cm³/mol. The summed E-state index contributed by atoms with van der Waals surface area (Å²) in [6, 6.07) is 9.22. The smallest absolute Gasteiger partial charge is 0.306 e. The van der Waals surface area contributed by atoms with Crippen LogP contribution in [0.2, 0.25) is 0 Å². The van der Waals surface area contributed by atoms with Crippen LogP contribution in [-0.4, -0.2) is 68.1 Å². The third-order valence-corrected chi connectivity index (χ3v) is 6.75. The molecule has 0 aliphatic carbocycles. The number of rotatable bonds is 11. The van der Waals surface area contributed by atoms with E-state index in [1.54, 1.807) is 18.7 Å². The summed E-state index contributed by atoms with van der Waals surface area (Å²) in [5, 5.41) is 0. The summed E-state index contributed by atoms with van der Waals surface area (Å²) in [6.45, 7) is 5.91. The number of ether oxygens (including phenoxy) is 3. The van der Waals surface area contributed by atoms with Crippen LogP contribution in [0.1, 0.15) is 64.9 Å². The van der Waals surface area contributed by atoms with Crippen LogP contribution in [0.25, 0.3) is 0 Å². The number of carbonyl (C=O) groups excluding carboxylic acids is 2. The third kappa shape index (κ3) is 7.99. The molecule has 0 aromatic heterocycles. The number of esters is 1. The SMILES string of the molecule is CCCC1[C@@H]2OC(C)(C)O[C@@H]2[C@H](OS(C)(=O)=O)CN1C(=O)CCCCC(=O)OCc1ccccc1. The van der Waals surface area contributed by atoms with Crippen molar-refractivity contribution in [1.29, 1.82) is 0 Å². The number of fused-ring (bicyclic) bond motifs is 1. The topological polar surface area (TPSA) is 108 Å². The number of nitrogens with zero attached hydrogens (tertiary/aromatic N) is 1. The molecule has 196 valence electrons. The van der Waals surface area contributed by atoms with Gasteiger partial charge in [0, 0.05) is 12.8 Å². The third-order valence-electron chi connectivity index (χ3n) is 6.15. The first-order valence-electron chi connectivity index (χ1n) is 12.2. The van der Waals surface area contributed by atoms with E-state index >= 15 is 0 Å². The molecular formula is C25H37NO8S. The Kier molecular flexibility index (Phi) is 9.31. The number of amides is 1. The van der Waals surface area contributed by atoms with Crippen LogP contribution < -0.4 is 0 Å². The minimum Gasteiger partial charge on any atom is -0.461 e. The summed E-state index contributed by atoms with van der Waals surface area (Å²) in [5.41, 5.74) is 0.925. The first-order chi connectivity index (χ1) is 16.5. The van der Waals surface area contributed by atoms with E-state index < -0.39 is 34.2 Å². The molecule has 0 spiro atoms. The fourth-order valence-corrected chi connectivity index (χ4v) is 5.34. The predicted octanol–water partition coefficient (Wildman–Crippen LogP) is 3.17. The minimum atomic E-state index is -3.76. The van der Waals surface area contributed by atoms with Gasteiger partial charge >= 0.3 is 5.97 Å². The van der Waals surface area contributed by atoms with E-state index in [0.717, 1.165) is 18.2 Å². The summed E-state index contributed by atoms with van der Waals surface area (Å²) in [4.78, 5) is 26.9. The molecule has 0 bridgehead atoms. The Hall–Kier alpha value is -2.01. The summed E-state index contributed by atoms with van der Waals surface area (Å²) < 4.78 is 46.5. The highest BCUT2D eigenvalue weighted by atomic mass is 32.2. The fourth-order valence-electron chi connectivity index (χ4n) is 4.72. The summed E-state index contributed by atoms with van der Waals surface area (Å²) in [6.07, 6.45) is 2.11. The van der Waals surface area contributed by atoms with Gasteiger partial charge in [-0.15, -0.1) is 0 Å². The lowest BCUT2D eigenvalue weighted by Gasteiger charge is -2.44. The van der Waals surface area contributed by atoms with Crippen molar-refractivity contribution in [2.45, 2.75) is 96.0 Å². The van der Waals surface area contributed by atoms with Crippen molar-refractivity contribution in [2.75, 3.05) is 12.8 Å². The molecule has 1 aromatic rings. The second kappa shape index (κ2) is 11.8. The van der Waals surface area contributed by atoms with Crippen LogP contribution in [0.3, 0.4) is 0 Å². The van der Waals surface area contributed by atoms with Gasteiger partial charge in [-0.3, -0.25) is 13.8 Å². The molecule has 1 aromatic carbocycles. The summed E-state index contributed by atoms with van der Waals surface area (Å²) in [7, 11) is -3.76. The maximum atomic E-state index is 13.2. The van der Waals surface area contributed by atoms with Crippen molar-refractivity contribution in [1.82, 2.24) is 4.90 Å². The average Bonchev–Trinajstić information content (AvgIpc) is 3.12. The Morgan fingerprint density at radius 1 is 1.09 bits per heavy atom. The Labute approximate surface area is 208 Å². The first-order valence-corrected chi connectivity index (χ1v) is 14.0. The molecule has 0 saturated carbocycles. The van der Waals surface area contributed by atoms with Crippen LogP contribution in [-0.2, 0) is 44.7 Å². The average molecular weight is 512 g/mol. The van der Waals surface area contributed by atoms with Gasteiger partial charge in [0.2, 0.25) is 5.91 Å². The van der Waals surface area contributed by atoms with Crippen molar-refractivity contribution in [3.63, 3.8) is 0 Å². The van der Waals surface area contributed by atoms with Crippen molar-refractivity contribution in [2.24, 2.45) is 0 Å². The lowest BCUT2D eigenvalue weighted by molar-refractivity contribution is -0.153. The van der Waals surface area contributed by atoms with E-state index in [1.807, 2.05) is 37.3 Å². The second-order valence-electron chi connectivity index (χ2n) is 9.66. The molecule has 0 radical (unpaired) electrons. The highest BCUT2D eigenvalue weighted by Gasteiger charge is 2.55. The summed E-state index contributed by atoms with van der Waals surface area (Å²) in [5.74, 6) is -1.32. The Balaban J connectivity index is 1.56. The second-order valence-corrected chi connectivity index (χ2v) is 11.3. The Morgan fingerprint density at radius 2 is 1.74 bits per heavy atom. The van der Waals surface area contributed by atoms with Gasteiger partial charge < -0.3 is 19.1 Å². The van der Waals surface area contributed by atoms with Crippen molar-refractivity contribution < 1.29 is 36.4 Å². The maximum absolute atomic E-state index is 13.2. The zero-order chi connectivity index (χ0) is 25.6. The largest absolute Gasteiger partial charge is 0.461 e. The zero-order valence-corrected chi connectivity index (χ0v) is 21.8. The molecule has 0 N–H and O–H groups in total. The van der Waals surface area contributed by atoms with E-state index in [-0.39, 0.29) is 43.9 Å². The molecular weight excluding hydrogens is 474 g/mol. The van der Waals surface area contributed by atoms with E-state index in [4.69, 9.17) is 18.4 Å². The van der Waals surface area contributed by atoms with E-state index in [1.165, 1.54) is 0 Å². The minimum absolute atomic E-state index is 0.107. The van der Waals surface area contributed by atoms with Gasteiger partial charge in [0.05, 0.1) is 18.8 Å². The molecule has 2 fully saturated rings. The Bertz CT molecular complexity index is 965. The van der Waals surface area contributed by atoms with Crippen molar-refractivity contribution >= 4 is 22.0 Å². The van der Waals surface area contributed by atoms with Gasteiger partial charge in [-0.25, -0.2) is 0 Å². The number of unbranched alkanes of at least 4 members (excludes halogenated alkanes) is 1. The Morgan fingerprint density at radius 3 is 2.40 bits per heavy atom. The summed E-state index contributed by atoms with van der Waals surface area (Å²) >= 11 is 0. The molecule has 2 aliphatic heterocycles. The van der Waals surface area contributed by atoms with Gasteiger partial charge in [-0.05, 0) is 38.7 Å². The molecule has 2 aliphatic rings. The highest BCUT2D eigenvalue weighted by molar-refractivity contribution is 7.86. The first kappa shape index (κ1) is 27.6. The van der Waals surface area contributed by atoms with Crippen LogP contribution in [0.5, 0.6) is 0 Å². The molecule has 4 atom stereocenters. The fraction of sp³-hybridized carbons (Fsp3) is 0.680. The zero-order valence-electron chi connectivity index (χ0n) is 21.0. The maximum Gasteiger partial charge on any atom is 0.306 e. The van der Waals surface area contributed by atoms with Gasteiger partial charge in [0.25, 0.3) is 10.1 Å². The molecule has 2 heterocycles. The lowest BCUT2D eigenvalue weighted by Crippen LogP contribution is -2.62. The quantitative estimate of drug-likeness (QED) is 0.253. The van der Waals surface area contributed by atoms with Gasteiger partial charge in [-0.1, -0.05) is 43.7 Å². The standard InChI is InChI=1S/C25H37NO8S/c1-5-11-19-23-24(33-25(2,3)32-23)20(34-35(4,29)30)16-26(19)21(27)14-9-10-15-22(28)31-17-18-12-7-6-8-13-18/h6-8,12-13,19-20,23-24H,5,9-11,14-17H2,1-4H3/t19?,20-,23+,24-/m1/s1. The number of hydrogen-bond donors (Lipinski definition) is 0.